The zero-order valence-corrected chi connectivity index (χ0v) is 9.90. The number of fused-ring (bicyclic) bond motifs is 1. The fraction of sp³-hybridized carbons (Fsp3) is 0.600. The molecule has 0 N–H and O–H groups in total. The van der Waals surface area contributed by atoms with Gasteiger partial charge in [0, 0.05) is 7.05 Å². The molecular weight excluding hydrogens is 259 g/mol. The molecule has 1 aromatic heterocycles. The first kappa shape index (κ1) is 14.6. The van der Waals surface area contributed by atoms with Crippen LogP contribution in [0, 0.1) is 0 Å². The molecule has 0 spiro atoms. The summed E-state index contributed by atoms with van der Waals surface area (Å²) in [5.74, 6) is -4.81. The van der Waals surface area contributed by atoms with E-state index < -0.39 is 41.3 Å². The molecule has 0 fully saturated rings. The molecule has 1 aromatic rings. The number of carbonyl (C=O) groups is 1. The zero-order valence-electron chi connectivity index (χ0n) is 9.90. The lowest BCUT2D eigenvalue weighted by molar-refractivity contribution is -0.145. The predicted octanol–water partition coefficient (Wildman–Crippen LogP) is 3.14. The average Bonchev–Trinajstić information content (AvgIpc) is 2.68. The van der Waals surface area contributed by atoms with Crippen LogP contribution in [0.15, 0.2) is 0 Å². The van der Waals surface area contributed by atoms with Gasteiger partial charge in [-0.25, -0.2) is 8.78 Å². The van der Waals surface area contributed by atoms with Crippen molar-refractivity contribution >= 4 is 5.78 Å². The van der Waals surface area contributed by atoms with Crippen molar-refractivity contribution < 1.29 is 26.7 Å². The predicted molar refractivity (Wildman–Crippen MR) is 52.4 cm³/mol. The number of aryl methyl sites for hydroxylation is 1. The number of halogens is 5. The van der Waals surface area contributed by atoms with Crippen molar-refractivity contribution in [2.24, 2.45) is 7.05 Å². The van der Waals surface area contributed by atoms with Gasteiger partial charge in [0.15, 0.2) is 11.5 Å². The van der Waals surface area contributed by atoms with Gasteiger partial charge in [0.05, 0.1) is 12.0 Å². The van der Waals surface area contributed by atoms with E-state index >= 15 is 0 Å². The number of alkyl halides is 5. The number of aromatic nitrogens is 2. The molecule has 8 heteroatoms. The normalized spacial score (nSPS) is 17.2. The Morgan fingerprint density at radius 1 is 1.28 bits per heavy atom. The van der Waals surface area contributed by atoms with Crippen LogP contribution in [0.2, 0.25) is 0 Å². The summed E-state index contributed by atoms with van der Waals surface area (Å²) in [5, 5.41) is 2.94. The van der Waals surface area contributed by atoms with Crippen molar-refractivity contribution in [3.8, 4) is 0 Å². The Bertz CT molecular complexity index is 475. The van der Waals surface area contributed by atoms with E-state index in [1.807, 2.05) is 13.8 Å². The third kappa shape index (κ3) is 2.11. The van der Waals surface area contributed by atoms with E-state index in [0.717, 1.165) is 7.05 Å². The molecule has 2 rings (SSSR count). The molecule has 18 heavy (non-hydrogen) atoms. The van der Waals surface area contributed by atoms with Gasteiger partial charge >= 0.3 is 6.18 Å². The summed E-state index contributed by atoms with van der Waals surface area (Å²) in [6.07, 6.45) is -6.21. The van der Waals surface area contributed by atoms with Gasteiger partial charge in [0.2, 0.25) is 0 Å². The summed E-state index contributed by atoms with van der Waals surface area (Å²) in [7, 11) is 1.04. The van der Waals surface area contributed by atoms with Crippen LogP contribution in [0.4, 0.5) is 22.0 Å². The fourth-order valence-electron chi connectivity index (χ4n) is 1.76. The van der Waals surface area contributed by atoms with Gasteiger partial charge in [0.25, 0.3) is 5.92 Å². The molecular formula is C10H11F5N2O. The first-order chi connectivity index (χ1) is 8.14. The van der Waals surface area contributed by atoms with Crippen molar-refractivity contribution in [3.63, 3.8) is 0 Å². The van der Waals surface area contributed by atoms with Crippen molar-refractivity contribution in [1.29, 1.82) is 0 Å². The summed E-state index contributed by atoms with van der Waals surface area (Å²) in [5.41, 5.74) is -3.63. The highest BCUT2D eigenvalue weighted by atomic mass is 19.4. The van der Waals surface area contributed by atoms with Gasteiger partial charge in [-0.3, -0.25) is 9.48 Å². The Balaban J connectivity index is 0.000000771. The second-order valence-corrected chi connectivity index (χ2v) is 3.50. The molecule has 0 aliphatic heterocycles. The third-order valence-corrected chi connectivity index (χ3v) is 2.33. The molecule has 3 nitrogen and oxygen atoms in total. The maximum absolute atomic E-state index is 13.2. The molecule has 102 valence electrons. The van der Waals surface area contributed by atoms with Crippen LogP contribution in [0.25, 0.3) is 0 Å². The van der Waals surface area contributed by atoms with Gasteiger partial charge in [-0.05, 0) is 0 Å². The number of Topliss-reactive ketones (excluding diaryl/α,β-unsaturated/α-hetero) is 1. The van der Waals surface area contributed by atoms with E-state index in [0.29, 0.717) is 4.68 Å². The highest BCUT2D eigenvalue weighted by Crippen LogP contribution is 2.47. The van der Waals surface area contributed by atoms with E-state index in [2.05, 4.69) is 5.10 Å². The molecule has 0 bridgehead atoms. The highest BCUT2D eigenvalue weighted by molar-refractivity contribution is 6.00. The Labute approximate surface area is 99.6 Å². The summed E-state index contributed by atoms with van der Waals surface area (Å²) >= 11 is 0. The SMILES string of the molecule is CC.Cn1nc(C(F)(F)F)c2c1C(=O)CC2(F)F. The molecule has 1 heterocycles. The van der Waals surface area contributed by atoms with Gasteiger partial charge in [0.1, 0.15) is 5.69 Å². The van der Waals surface area contributed by atoms with E-state index in [9.17, 15) is 26.7 Å². The Hall–Kier alpha value is -1.47. The number of ketones is 1. The van der Waals surface area contributed by atoms with E-state index in [4.69, 9.17) is 0 Å². The molecule has 0 atom stereocenters. The summed E-state index contributed by atoms with van der Waals surface area (Å²) in [6.45, 7) is 4.00. The third-order valence-electron chi connectivity index (χ3n) is 2.33. The maximum atomic E-state index is 13.2. The van der Waals surface area contributed by atoms with Crippen LogP contribution in [-0.4, -0.2) is 15.6 Å². The van der Waals surface area contributed by atoms with Gasteiger partial charge in [-0.1, -0.05) is 13.8 Å². The average molecular weight is 270 g/mol. The number of hydrogen-bond donors (Lipinski definition) is 0. The van der Waals surface area contributed by atoms with Crippen LogP contribution >= 0.6 is 0 Å². The quantitative estimate of drug-likeness (QED) is 0.679. The molecule has 0 unspecified atom stereocenters. The van der Waals surface area contributed by atoms with Gasteiger partial charge in [-0.15, -0.1) is 0 Å². The van der Waals surface area contributed by atoms with E-state index in [1.165, 1.54) is 0 Å². The smallest absolute Gasteiger partial charge is 0.292 e. The van der Waals surface area contributed by atoms with Crippen LogP contribution in [0.1, 0.15) is 42.0 Å². The lowest BCUT2D eigenvalue weighted by atomic mass is 10.1. The van der Waals surface area contributed by atoms with Crippen molar-refractivity contribution in [2.45, 2.75) is 32.4 Å². The lowest BCUT2D eigenvalue weighted by Crippen LogP contribution is -2.17. The number of nitrogens with zero attached hydrogens (tertiary/aromatic N) is 2. The summed E-state index contributed by atoms with van der Waals surface area (Å²) in [4.78, 5) is 11.1. The summed E-state index contributed by atoms with van der Waals surface area (Å²) in [6, 6.07) is 0. The molecule has 0 amide bonds. The second kappa shape index (κ2) is 4.33. The van der Waals surface area contributed by atoms with Crippen LogP contribution < -0.4 is 0 Å². The van der Waals surface area contributed by atoms with Crippen LogP contribution in [0.3, 0.4) is 0 Å². The molecule has 0 saturated carbocycles. The molecule has 0 radical (unpaired) electrons. The molecule has 0 saturated heterocycles. The topological polar surface area (TPSA) is 34.9 Å². The maximum Gasteiger partial charge on any atom is 0.435 e. The number of hydrogen-bond acceptors (Lipinski definition) is 2. The first-order valence-electron chi connectivity index (χ1n) is 5.20. The minimum absolute atomic E-state index is 0.557. The largest absolute Gasteiger partial charge is 0.435 e. The Kier molecular flexibility index (Phi) is 3.51. The highest BCUT2D eigenvalue weighted by Gasteiger charge is 2.54. The van der Waals surface area contributed by atoms with Gasteiger partial charge in [-0.2, -0.15) is 18.3 Å². The van der Waals surface area contributed by atoms with Gasteiger partial charge < -0.3 is 0 Å². The van der Waals surface area contributed by atoms with Crippen LogP contribution in [0.5, 0.6) is 0 Å². The number of rotatable bonds is 0. The molecule has 1 aliphatic rings. The first-order valence-corrected chi connectivity index (χ1v) is 5.20. The fourth-order valence-corrected chi connectivity index (χ4v) is 1.76. The molecule has 1 aliphatic carbocycles. The van der Waals surface area contributed by atoms with Crippen molar-refractivity contribution in [3.05, 3.63) is 17.0 Å². The lowest BCUT2D eigenvalue weighted by Gasteiger charge is -2.10. The van der Waals surface area contributed by atoms with Crippen LogP contribution in [-0.2, 0) is 19.1 Å². The number of carbonyl (C=O) groups excluding carboxylic acids is 1. The van der Waals surface area contributed by atoms with E-state index in [1.54, 1.807) is 0 Å². The minimum atomic E-state index is -4.99. The second-order valence-electron chi connectivity index (χ2n) is 3.50. The molecule has 0 aromatic carbocycles. The summed E-state index contributed by atoms with van der Waals surface area (Å²) < 4.78 is 64.2. The van der Waals surface area contributed by atoms with Crippen molar-refractivity contribution in [2.75, 3.05) is 0 Å². The standard InChI is InChI=1S/C8H5F5N2O.C2H6/c1-15-5-3(16)2-7(9,10)4(5)6(14-15)8(11,12)13;1-2/h2H2,1H3;1-2H3. The minimum Gasteiger partial charge on any atom is -0.292 e. The Morgan fingerprint density at radius 2 is 1.78 bits per heavy atom. The Morgan fingerprint density at radius 3 is 2.22 bits per heavy atom. The van der Waals surface area contributed by atoms with E-state index in [-0.39, 0.29) is 0 Å². The zero-order chi connectivity index (χ0) is 14.3. The van der Waals surface area contributed by atoms with Crippen molar-refractivity contribution in [1.82, 2.24) is 9.78 Å². The monoisotopic (exact) mass is 270 g/mol.